The molecule has 28 heavy (non-hydrogen) atoms. The van der Waals surface area contributed by atoms with E-state index in [1.165, 1.54) is 11.3 Å². The van der Waals surface area contributed by atoms with Crippen molar-refractivity contribution in [3.05, 3.63) is 51.7 Å². The molecule has 0 saturated heterocycles. The summed E-state index contributed by atoms with van der Waals surface area (Å²) in [6, 6.07) is 10.0. The van der Waals surface area contributed by atoms with Crippen molar-refractivity contribution in [1.82, 2.24) is 25.2 Å². The molecule has 0 bridgehead atoms. The fourth-order valence-electron chi connectivity index (χ4n) is 2.99. The Bertz CT molecular complexity index is 1140. The minimum Gasteiger partial charge on any atom is -0.321 e. The number of thiophene rings is 1. The van der Waals surface area contributed by atoms with Crippen LogP contribution in [-0.4, -0.2) is 31.1 Å². The number of hydrogen-bond donors (Lipinski definition) is 1. The second-order valence-electron chi connectivity index (χ2n) is 6.66. The molecule has 140 valence electrons. The molecule has 1 N–H and O–H groups in total. The lowest BCUT2D eigenvalue weighted by atomic mass is 10.2. The zero-order valence-corrected chi connectivity index (χ0v) is 16.6. The van der Waals surface area contributed by atoms with Crippen molar-refractivity contribution < 1.29 is 4.79 Å². The van der Waals surface area contributed by atoms with Gasteiger partial charge < -0.3 is 5.32 Å². The van der Waals surface area contributed by atoms with Gasteiger partial charge in [-0.3, -0.25) is 4.79 Å². The molecular formula is C19H16N6OS2. The molecule has 4 aromatic rings. The summed E-state index contributed by atoms with van der Waals surface area (Å²) in [6.07, 6.45) is 2.21. The molecule has 5 rings (SSSR count). The second-order valence-corrected chi connectivity index (χ2v) is 8.44. The van der Waals surface area contributed by atoms with E-state index in [1.54, 1.807) is 11.3 Å². The van der Waals surface area contributed by atoms with E-state index in [2.05, 4.69) is 25.8 Å². The van der Waals surface area contributed by atoms with E-state index < -0.39 is 0 Å². The van der Waals surface area contributed by atoms with Crippen LogP contribution in [0, 0.1) is 6.92 Å². The average Bonchev–Trinajstić information content (AvgIpc) is 3.12. The third kappa shape index (κ3) is 3.23. The molecule has 7 nitrogen and oxygen atoms in total. The van der Waals surface area contributed by atoms with E-state index in [4.69, 9.17) is 0 Å². The maximum atomic E-state index is 12.8. The molecule has 0 atom stereocenters. The molecule has 1 saturated carbocycles. The predicted molar refractivity (Wildman–Crippen MR) is 110 cm³/mol. The largest absolute Gasteiger partial charge is 0.321 e. The van der Waals surface area contributed by atoms with Crippen LogP contribution in [0.3, 0.4) is 0 Å². The Morgan fingerprint density at radius 3 is 2.93 bits per heavy atom. The Labute approximate surface area is 169 Å². The van der Waals surface area contributed by atoms with Crippen LogP contribution in [0.5, 0.6) is 0 Å². The molecular weight excluding hydrogens is 392 g/mol. The van der Waals surface area contributed by atoms with Gasteiger partial charge in [0.2, 0.25) is 0 Å². The molecule has 1 aromatic carbocycles. The molecule has 0 radical (unpaired) electrons. The average molecular weight is 409 g/mol. The van der Waals surface area contributed by atoms with Crippen molar-refractivity contribution in [2.45, 2.75) is 25.8 Å². The molecule has 1 fully saturated rings. The maximum Gasteiger partial charge on any atom is 0.267 e. The highest BCUT2D eigenvalue weighted by Crippen LogP contribution is 2.37. The summed E-state index contributed by atoms with van der Waals surface area (Å²) in [6.45, 7) is 1.86. The van der Waals surface area contributed by atoms with Gasteiger partial charge in [-0.2, -0.15) is 11.3 Å². The number of anilines is 1. The summed E-state index contributed by atoms with van der Waals surface area (Å²) in [7, 11) is 0. The lowest BCUT2D eigenvalue weighted by molar-refractivity contribution is 0.103. The van der Waals surface area contributed by atoms with E-state index in [-0.39, 0.29) is 5.91 Å². The Hall–Kier alpha value is -2.91. The third-order valence-electron chi connectivity index (χ3n) is 4.54. The van der Waals surface area contributed by atoms with Crippen LogP contribution in [0.25, 0.3) is 22.0 Å². The summed E-state index contributed by atoms with van der Waals surface area (Å²) in [5.74, 6) is 0.572. The van der Waals surface area contributed by atoms with E-state index in [0.29, 0.717) is 16.6 Å². The first-order valence-electron chi connectivity index (χ1n) is 8.88. The summed E-state index contributed by atoms with van der Waals surface area (Å²) >= 11 is 3.02. The first kappa shape index (κ1) is 17.2. The zero-order chi connectivity index (χ0) is 19.1. The van der Waals surface area contributed by atoms with Gasteiger partial charge in [-0.1, -0.05) is 12.1 Å². The van der Waals surface area contributed by atoms with E-state index in [9.17, 15) is 4.79 Å². The van der Waals surface area contributed by atoms with E-state index in [1.807, 2.05) is 52.7 Å². The number of nitrogens with one attached hydrogen (secondary N) is 1. The van der Waals surface area contributed by atoms with Gasteiger partial charge >= 0.3 is 0 Å². The number of thiazole rings is 1. The molecule has 1 aliphatic rings. The number of aromatic nitrogens is 5. The van der Waals surface area contributed by atoms with Crippen LogP contribution in [-0.2, 0) is 0 Å². The highest BCUT2D eigenvalue weighted by Gasteiger charge is 2.28. The second kappa shape index (κ2) is 6.92. The van der Waals surface area contributed by atoms with Crippen LogP contribution in [0.1, 0.15) is 34.2 Å². The highest BCUT2D eigenvalue weighted by molar-refractivity contribution is 7.17. The van der Waals surface area contributed by atoms with Gasteiger partial charge in [0.1, 0.15) is 9.88 Å². The first-order valence-corrected chi connectivity index (χ1v) is 10.6. The zero-order valence-electron chi connectivity index (χ0n) is 15.0. The smallest absolute Gasteiger partial charge is 0.267 e. The number of carbonyl (C=O) groups is 1. The number of rotatable bonds is 5. The SMILES string of the molecule is Cc1nc(-c2ccsc2)sc1C(=O)Nc1cccc(-c2nnnn2C2CC2)c1. The predicted octanol–water partition coefficient (Wildman–Crippen LogP) is 4.42. The van der Waals surface area contributed by atoms with Crippen molar-refractivity contribution >= 4 is 34.3 Å². The molecule has 0 unspecified atom stereocenters. The molecule has 1 aliphatic carbocycles. The number of amides is 1. The Balaban J connectivity index is 1.39. The molecule has 0 aliphatic heterocycles. The number of hydrogen-bond acceptors (Lipinski definition) is 7. The molecule has 9 heteroatoms. The van der Waals surface area contributed by atoms with Gasteiger partial charge in [-0.25, -0.2) is 9.67 Å². The normalized spacial score (nSPS) is 13.6. The van der Waals surface area contributed by atoms with Crippen molar-refractivity contribution in [3.63, 3.8) is 0 Å². The van der Waals surface area contributed by atoms with Gasteiger partial charge in [0.05, 0.1) is 11.7 Å². The fraction of sp³-hybridized carbons (Fsp3) is 0.211. The third-order valence-corrected chi connectivity index (χ3v) is 6.42. The van der Waals surface area contributed by atoms with Crippen LogP contribution in [0.4, 0.5) is 5.69 Å². The van der Waals surface area contributed by atoms with E-state index in [0.717, 1.165) is 40.5 Å². The van der Waals surface area contributed by atoms with Gasteiger partial charge in [-0.05, 0) is 53.8 Å². The first-order chi connectivity index (χ1) is 13.7. The summed E-state index contributed by atoms with van der Waals surface area (Å²) in [4.78, 5) is 18.0. The number of aryl methyl sites for hydroxylation is 1. The number of carbonyl (C=O) groups excluding carboxylic acids is 1. The maximum absolute atomic E-state index is 12.8. The topological polar surface area (TPSA) is 85.6 Å². The Kier molecular flexibility index (Phi) is 4.25. The van der Waals surface area contributed by atoms with Gasteiger partial charge in [0.25, 0.3) is 5.91 Å². The monoisotopic (exact) mass is 408 g/mol. The summed E-state index contributed by atoms with van der Waals surface area (Å²) in [5, 5.41) is 19.9. The quantitative estimate of drug-likeness (QED) is 0.528. The lowest BCUT2D eigenvalue weighted by Gasteiger charge is -2.07. The van der Waals surface area contributed by atoms with Gasteiger partial charge in [0, 0.05) is 22.2 Å². The van der Waals surface area contributed by atoms with Crippen LogP contribution in [0.2, 0.25) is 0 Å². The van der Waals surface area contributed by atoms with Crippen LogP contribution in [0.15, 0.2) is 41.1 Å². The van der Waals surface area contributed by atoms with Crippen molar-refractivity contribution in [1.29, 1.82) is 0 Å². The lowest BCUT2D eigenvalue weighted by Crippen LogP contribution is -2.11. The summed E-state index contributed by atoms with van der Waals surface area (Å²) in [5.41, 5.74) is 3.37. The fourth-order valence-corrected chi connectivity index (χ4v) is 4.66. The van der Waals surface area contributed by atoms with E-state index >= 15 is 0 Å². The molecule has 1 amide bonds. The van der Waals surface area contributed by atoms with Crippen molar-refractivity contribution in [2.75, 3.05) is 5.32 Å². The van der Waals surface area contributed by atoms with Crippen molar-refractivity contribution in [3.8, 4) is 22.0 Å². The van der Waals surface area contributed by atoms with Gasteiger partial charge in [0.15, 0.2) is 5.82 Å². The minimum absolute atomic E-state index is 0.157. The van der Waals surface area contributed by atoms with Gasteiger partial charge in [-0.15, -0.1) is 16.4 Å². The Morgan fingerprint density at radius 2 is 2.14 bits per heavy atom. The number of benzene rings is 1. The van der Waals surface area contributed by atoms with Crippen LogP contribution >= 0.6 is 22.7 Å². The molecule has 0 spiro atoms. The molecule has 3 heterocycles. The standard InChI is InChI=1S/C19H16N6OS2/c1-11-16(28-19(20-11)13-7-8-27-10-13)18(26)21-14-4-2-3-12(9-14)17-22-23-24-25(17)15-5-6-15/h2-4,7-10,15H,5-6H2,1H3,(H,21,26). The van der Waals surface area contributed by atoms with Crippen molar-refractivity contribution in [2.24, 2.45) is 0 Å². The van der Waals surface area contributed by atoms with Crippen LogP contribution < -0.4 is 5.32 Å². The number of tetrazole rings is 1. The number of nitrogens with zero attached hydrogens (tertiary/aromatic N) is 5. The minimum atomic E-state index is -0.157. The Morgan fingerprint density at radius 1 is 1.25 bits per heavy atom. The highest BCUT2D eigenvalue weighted by atomic mass is 32.1. The molecule has 3 aromatic heterocycles. The summed E-state index contributed by atoms with van der Waals surface area (Å²) < 4.78 is 1.86.